The van der Waals surface area contributed by atoms with Gasteiger partial charge in [0.1, 0.15) is 22.8 Å². The van der Waals surface area contributed by atoms with E-state index in [1.54, 1.807) is 6.92 Å². The molecule has 2 aromatic carbocycles. The molecule has 0 bridgehead atoms. The maximum atomic E-state index is 12.7. The summed E-state index contributed by atoms with van der Waals surface area (Å²) in [5, 5.41) is 20.4. The second-order valence-corrected chi connectivity index (χ2v) is 7.05. The number of ketones is 1. The zero-order valence-electron chi connectivity index (χ0n) is 17.0. The van der Waals surface area contributed by atoms with Gasteiger partial charge in [0, 0.05) is 29.8 Å². The first kappa shape index (κ1) is 22.9. The number of amides is 2. The summed E-state index contributed by atoms with van der Waals surface area (Å²) in [6.07, 6.45) is 0. The summed E-state index contributed by atoms with van der Waals surface area (Å²) in [7, 11) is 0. The number of thiol groups is 1. The van der Waals surface area contributed by atoms with Crippen LogP contribution in [0.5, 0.6) is 17.2 Å². The molecule has 168 valence electrons. The molecule has 0 unspecified atom stereocenters. The molecule has 2 amide bonds. The van der Waals surface area contributed by atoms with Gasteiger partial charge in [-0.2, -0.15) is 0 Å². The Morgan fingerprint density at radius 1 is 1.16 bits per heavy atom. The van der Waals surface area contributed by atoms with E-state index < -0.39 is 48.2 Å². The minimum absolute atomic E-state index is 0.0377. The number of hydrogen-bond donors (Lipinski definition) is 4. The molecule has 0 atom stereocenters. The van der Waals surface area contributed by atoms with Gasteiger partial charge in [-0.05, 0) is 30.7 Å². The van der Waals surface area contributed by atoms with Crippen LogP contribution in [-0.2, 0) is 16.1 Å². The van der Waals surface area contributed by atoms with Crippen molar-refractivity contribution in [3.8, 4) is 17.2 Å². The number of benzene rings is 2. The predicted octanol–water partition coefficient (Wildman–Crippen LogP) is 1.45. The van der Waals surface area contributed by atoms with Crippen LogP contribution >= 0.6 is 12.8 Å². The Bertz CT molecular complexity index is 1080. The zero-order valence-corrected chi connectivity index (χ0v) is 17.8. The zero-order chi connectivity index (χ0) is 23.4. The topological polar surface area (TPSA) is 142 Å². The predicted molar refractivity (Wildman–Crippen MR) is 114 cm³/mol. The smallest absolute Gasteiger partial charge is 0.344 e. The van der Waals surface area contributed by atoms with Crippen LogP contribution in [-0.4, -0.2) is 58.4 Å². The van der Waals surface area contributed by atoms with E-state index in [-0.39, 0.29) is 24.5 Å². The van der Waals surface area contributed by atoms with Crippen molar-refractivity contribution in [1.82, 2.24) is 9.62 Å². The number of nitrogens with one attached hydrogen (secondary N) is 1. The summed E-state index contributed by atoms with van der Waals surface area (Å²) in [4.78, 5) is 49.7. The monoisotopic (exact) mass is 460 g/mol. The number of phenols is 2. The largest absolute Gasteiger partial charge is 0.507 e. The van der Waals surface area contributed by atoms with E-state index in [0.717, 1.165) is 12.1 Å². The van der Waals surface area contributed by atoms with E-state index in [4.69, 9.17) is 9.47 Å². The average Bonchev–Trinajstić information content (AvgIpc) is 3.06. The van der Waals surface area contributed by atoms with Gasteiger partial charge in [0.15, 0.2) is 12.4 Å². The fraction of sp³-hybridized carbons (Fsp3) is 0.238. The Labute approximate surface area is 188 Å². The van der Waals surface area contributed by atoms with Gasteiger partial charge < -0.3 is 24.6 Å². The molecular formula is C21H20N2O8S. The summed E-state index contributed by atoms with van der Waals surface area (Å²) in [5.41, 5.74) is 0.846. The average molecular weight is 460 g/mol. The lowest BCUT2D eigenvalue weighted by molar-refractivity contribution is -0.145. The van der Waals surface area contributed by atoms with Crippen LogP contribution in [0.3, 0.4) is 0 Å². The highest BCUT2D eigenvalue weighted by molar-refractivity contribution is 7.78. The molecule has 3 rings (SSSR count). The van der Waals surface area contributed by atoms with Crippen LogP contribution in [0.1, 0.15) is 43.6 Å². The van der Waals surface area contributed by atoms with Crippen LogP contribution in [0.4, 0.5) is 0 Å². The Balaban J connectivity index is 1.72. The van der Waals surface area contributed by atoms with Gasteiger partial charge in [0.05, 0.1) is 13.2 Å². The molecule has 0 aromatic heterocycles. The number of aromatic hydroxyl groups is 2. The number of fused-ring (bicyclic) bond motifs is 1. The highest BCUT2D eigenvalue weighted by Gasteiger charge is 2.31. The third kappa shape index (κ3) is 4.78. The molecule has 10 nitrogen and oxygen atoms in total. The van der Waals surface area contributed by atoms with Gasteiger partial charge in [0.25, 0.3) is 11.8 Å². The van der Waals surface area contributed by atoms with Crippen LogP contribution < -0.4 is 9.46 Å². The number of rotatable bonds is 8. The molecule has 2 aromatic rings. The number of Topliss-reactive ketones (excluding diaryl/α,β-unsaturated/α-hetero) is 1. The van der Waals surface area contributed by atoms with Crippen LogP contribution in [0.25, 0.3) is 0 Å². The van der Waals surface area contributed by atoms with E-state index in [9.17, 15) is 29.4 Å². The Morgan fingerprint density at radius 3 is 2.47 bits per heavy atom. The molecule has 1 heterocycles. The molecule has 0 aliphatic carbocycles. The number of phenolic OH excluding ortho intramolecular Hbond substituents is 2. The molecule has 0 fully saturated rings. The third-order valence-electron chi connectivity index (χ3n) is 4.69. The van der Waals surface area contributed by atoms with Crippen molar-refractivity contribution in [2.45, 2.75) is 13.5 Å². The fourth-order valence-electron chi connectivity index (χ4n) is 3.27. The van der Waals surface area contributed by atoms with Crippen LogP contribution in [0, 0.1) is 0 Å². The van der Waals surface area contributed by atoms with Gasteiger partial charge in [-0.1, -0.05) is 12.8 Å². The molecule has 0 saturated carbocycles. The molecule has 0 spiro atoms. The van der Waals surface area contributed by atoms with Gasteiger partial charge >= 0.3 is 5.97 Å². The molecule has 32 heavy (non-hydrogen) atoms. The van der Waals surface area contributed by atoms with Gasteiger partial charge in [-0.15, -0.1) is 0 Å². The van der Waals surface area contributed by atoms with Crippen molar-refractivity contribution in [2.24, 2.45) is 0 Å². The number of carbonyl (C=O) groups excluding carboxylic acids is 4. The van der Waals surface area contributed by atoms with E-state index in [0.29, 0.717) is 16.7 Å². The first-order valence-corrected chi connectivity index (χ1v) is 9.94. The summed E-state index contributed by atoms with van der Waals surface area (Å²) in [6.45, 7) is 1.04. The Hall–Kier alpha value is -3.73. The van der Waals surface area contributed by atoms with Crippen molar-refractivity contribution >= 4 is 36.4 Å². The van der Waals surface area contributed by atoms with Crippen molar-refractivity contribution in [3.05, 3.63) is 52.6 Å². The van der Waals surface area contributed by atoms with Crippen molar-refractivity contribution in [2.75, 3.05) is 19.8 Å². The lowest BCUT2D eigenvalue weighted by Gasteiger charge is -2.16. The molecular weight excluding hydrogens is 440 g/mol. The molecule has 11 heteroatoms. The fourth-order valence-corrected chi connectivity index (χ4v) is 3.40. The highest BCUT2D eigenvalue weighted by Crippen LogP contribution is 2.34. The summed E-state index contributed by atoms with van der Waals surface area (Å²) in [6, 6.07) is 6.66. The van der Waals surface area contributed by atoms with Crippen molar-refractivity contribution in [1.29, 1.82) is 0 Å². The number of carbonyl (C=O) groups is 4. The summed E-state index contributed by atoms with van der Waals surface area (Å²) >= 11 is 3.71. The van der Waals surface area contributed by atoms with Gasteiger partial charge in [-0.3, -0.25) is 19.1 Å². The SMILES string of the molecule is CCOC(=O)COc1cc(O)c(C(=O)CN2Cc3cc(C(=O)NS)ccc3C2=O)c(O)c1. The van der Waals surface area contributed by atoms with Gasteiger partial charge in [-0.25, -0.2) is 4.79 Å². The minimum atomic E-state index is -0.702. The van der Waals surface area contributed by atoms with Crippen LogP contribution in [0.15, 0.2) is 30.3 Å². The lowest BCUT2D eigenvalue weighted by atomic mass is 10.1. The molecule has 1 aliphatic heterocycles. The molecule has 0 saturated heterocycles. The minimum Gasteiger partial charge on any atom is -0.507 e. The number of ether oxygens (including phenoxy) is 2. The van der Waals surface area contributed by atoms with Gasteiger partial charge in [0.2, 0.25) is 0 Å². The first-order chi connectivity index (χ1) is 15.2. The number of esters is 1. The van der Waals surface area contributed by atoms with Crippen molar-refractivity contribution in [3.63, 3.8) is 0 Å². The number of nitrogens with zero attached hydrogens (tertiary/aromatic N) is 1. The normalized spacial score (nSPS) is 12.3. The molecule has 3 N–H and O–H groups in total. The quantitative estimate of drug-likeness (QED) is 0.263. The lowest BCUT2D eigenvalue weighted by Crippen LogP contribution is -2.30. The standard InChI is InChI=1S/C21H20N2O8S/c1-2-30-18(27)10-31-13-6-15(24)19(16(25)7-13)17(26)9-23-8-12-5-11(20(28)22-32)3-4-14(12)21(23)29/h3-7,24-25,32H,2,8-10H2,1H3,(H,22,28). The Morgan fingerprint density at radius 2 is 1.84 bits per heavy atom. The summed E-state index contributed by atoms with van der Waals surface area (Å²) in [5.74, 6) is -3.35. The van der Waals surface area contributed by atoms with E-state index >= 15 is 0 Å². The third-order valence-corrected chi connectivity index (χ3v) is 4.90. The second kappa shape index (κ2) is 9.60. The van der Waals surface area contributed by atoms with E-state index in [1.807, 2.05) is 0 Å². The first-order valence-electron chi connectivity index (χ1n) is 9.49. The second-order valence-electron chi connectivity index (χ2n) is 6.83. The highest BCUT2D eigenvalue weighted by atomic mass is 32.1. The molecule has 1 aliphatic rings. The maximum absolute atomic E-state index is 12.7. The van der Waals surface area contributed by atoms with Crippen molar-refractivity contribution < 1.29 is 38.9 Å². The van der Waals surface area contributed by atoms with E-state index in [1.165, 1.54) is 23.1 Å². The van der Waals surface area contributed by atoms with Crippen LogP contribution in [0.2, 0.25) is 0 Å². The molecule has 0 radical (unpaired) electrons. The number of hydrogen-bond acceptors (Lipinski definition) is 9. The Kier molecular flexibility index (Phi) is 6.89. The summed E-state index contributed by atoms with van der Waals surface area (Å²) < 4.78 is 12.1. The van der Waals surface area contributed by atoms with E-state index in [2.05, 4.69) is 17.5 Å². The maximum Gasteiger partial charge on any atom is 0.344 e.